The molecule has 3 aliphatic heterocycles. The largest absolute Gasteiger partial charge is 0.377 e. The Hall–Kier alpha value is -0.980. The molecule has 140 valence electrons. The highest BCUT2D eigenvalue weighted by Crippen LogP contribution is 2.21. The van der Waals surface area contributed by atoms with Gasteiger partial charge in [0.15, 0.2) is 0 Å². The topological polar surface area (TPSA) is 55.2 Å². The van der Waals surface area contributed by atoms with Crippen LogP contribution in [0.25, 0.3) is 0 Å². The second-order valence-electron chi connectivity index (χ2n) is 8.14. The lowest BCUT2D eigenvalue weighted by atomic mass is 9.93. The van der Waals surface area contributed by atoms with E-state index in [1.54, 1.807) is 0 Å². The fourth-order valence-electron chi connectivity index (χ4n) is 4.68. The fourth-order valence-corrected chi connectivity index (χ4v) is 4.68. The summed E-state index contributed by atoms with van der Waals surface area (Å²) < 4.78 is 8.16. The summed E-state index contributed by atoms with van der Waals surface area (Å²) in [5.74, 6) is 2.99. The van der Waals surface area contributed by atoms with Crippen LogP contribution < -0.4 is 5.32 Å². The zero-order chi connectivity index (χ0) is 17.1. The van der Waals surface area contributed by atoms with E-state index in [0.29, 0.717) is 18.1 Å². The molecule has 0 radical (unpaired) electrons. The van der Waals surface area contributed by atoms with Crippen LogP contribution in [0.3, 0.4) is 0 Å². The highest BCUT2D eigenvalue weighted by atomic mass is 16.5. The van der Waals surface area contributed by atoms with Gasteiger partial charge in [-0.1, -0.05) is 13.3 Å². The monoisotopic (exact) mass is 347 g/mol. The number of nitrogens with one attached hydrogen (secondary N) is 1. The van der Waals surface area contributed by atoms with Crippen molar-refractivity contribution < 1.29 is 4.74 Å². The maximum atomic E-state index is 5.80. The number of hydrogen-bond acceptors (Lipinski definition) is 5. The van der Waals surface area contributed by atoms with Crippen molar-refractivity contribution in [1.82, 2.24) is 25.0 Å². The molecular formula is C19H33N5O. The first kappa shape index (κ1) is 17.4. The van der Waals surface area contributed by atoms with E-state index in [9.17, 15) is 0 Å². The molecule has 2 fully saturated rings. The molecule has 6 heteroatoms. The summed E-state index contributed by atoms with van der Waals surface area (Å²) in [7, 11) is 0. The summed E-state index contributed by atoms with van der Waals surface area (Å²) in [6.07, 6.45) is 9.09. The van der Waals surface area contributed by atoms with Crippen molar-refractivity contribution in [3.05, 3.63) is 11.6 Å². The van der Waals surface area contributed by atoms with Crippen LogP contribution in [0.4, 0.5) is 0 Å². The Bertz CT molecular complexity index is 554. The Morgan fingerprint density at radius 3 is 2.92 bits per heavy atom. The molecule has 0 saturated carbocycles. The third kappa shape index (κ3) is 4.23. The molecule has 3 aliphatic rings. The molecule has 3 atom stereocenters. The van der Waals surface area contributed by atoms with Crippen molar-refractivity contribution in [3.8, 4) is 0 Å². The summed E-state index contributed by atoms with van der Waals surface area (Å²) >= 11 is 0. The van der Waals surface area contributed by atoms with Crippen LogP contribution in [0.15, 0.2) is 0 Å². The molecule has 1 aromatic heterocycles. The second kappa shape index (κ2) is 8.14. The molecule has 0 aromatic carbocycles. The van der Waals surface area contributed by atoms with E-state index in [-0.39, 0.29) is 0 Å². The van der Waals surface area contributed by atoms with Gasteiger partial charge in [0.05, 0.1) is 12.6 Å². The fraction of sp³-hybridized carbons (Fsp3) is 0.895. The van der Waals surface area contributed by atoms with Crippen molar-refractivity contribution in [3.63, 3.8) is 0 Å². The number of aryl methyl sites for hydroxylation is 1. The number of nitrogens with zero attached hydrogens (tertiary/aromatic N) is 4. The molecule has 1 aromatic rings. The van der Waals surface area contributed by atoms with Crippen LogP contribution in [-0.2, 0) is 24.2 Å². The SMILES string of the molecule is C[C@@H]1CN(C[C@@H]2CCCO2)CC[C@@H]1NCc1nnc2n1CCCCC2. The number of fused-ring (bicyclic) bond motifs is 1. The van der Waals surface area contributed by atoms with Gasteiger partial charge in [0, 0.05) is 38.7 Å². The van der Waals surface area contributed by atoms with Gasteiger partial charge in [-0.2, -0.15) is 0 Å². The number of ether oxygens (including phenoxy) is 1. The molecule has 4 rings (SSSR count). The molecule has 25 heavy (non-hydrogen) atoms. The highest BCUT2D eigenvalue weighted by Gasteiger charge is 2.28. The standard InChI is InChI=1S/C19H33N5O/c1-15-13-23(14-16-6-5-11-25-16)10-8-17(15)20-12-19-22-21-18-7-3-2-4-9-24(18)19/h15-17,20H,2-14H2,1H3/t15-,16+,17+/m1/s1. The zero-order valence-electron chi connectivity index (χ0n) is 15.6. The van der Waals surface area contributed by atoms with E-state index >= 15 is 0 Å². The molecule has 0 amide bonds. The Kier molecular flexibility index (Phi) is 5.68. The molecule has 2 saturated heterocycles. The molecule has 1 N–H and O–H groups in total. The van der Waals surface area contributed by atoms with Gasteiger partial charge in [-0.15, -0.1) is 10.2 Å². The Balaban J connectivity index is 1.27. The van der Waals surface area contributed by atoms with E-state index in [0.717, 1.165) is 38.5 Å². The van der Waals surface area contributed by atoms with Gasteiger partial charge in [-0.25, -0.2) is 0 Å². The summed E-state index contributed by atoms with van der Waals surface area (Å²) in [6, 6.07) is 0.583. The van der Waals surface area contributed by atoms with Crippen LogP contribution in [-0.4, -0.2) is 58.1 Å². The Morgan fingerprint density at radius 2 is 2.08 bits per heavy atom. The first-order valence-corrected chi connectivity index (χ1v) is 10.3. The summed E-state index contributed by atoms with van der Waals surface area (Å²) in [5, 5.41) is 12.7. The van der Waals surface area contributed by atoms with E-state index in [1.807, 2.05) is 0 Å². The summed E-state index contributed by atoms with van der Waals surface area (Å²) in [4.78, 5) is 2.60. The average molecular weight is 348 g/mol. The average Bonchev–Trinajstić information content (AvgIpc) is 3.19. The van der Waals surface area contributed by atoms with Gasteiger partial charge in [-0.05, 0) is 44.6 Å². The zero-order valence-corrected chi connectivity index (χ0v) is 15.6. The summed E-state index contributed by atoms with van der Waals surface area (Å²) in [5.41, 5.74) is 0. The van der Waals surface area contributed by atoms with Crippen LogP contribution in [0.5, 0.6) is 0 Å². The summed E-state index contributed by atoms with van der Waals surface area (Å²) in [6.45, 7) is 8.76. The van der Waals surface area contributed by atoms with Crippen LogP contribution in [0, 0.1) is 5.92 Å². The normalized spacial score (nSPS) is 31.0. The third-order valence-electron chi connectivity index (χ3n) is 6.18. The maximum absolute atomic E-state index is 5.80. The molecule has 6 nitrogen and oxygen atoms in total. The predicted molar refractivity (Wildman–Crippen MR) is 97.4 cm³/mol. The molecule has 4 heterocycles. The number of hydrogen-bond donors (Lipinski definition) is 1. The molecule has 0 unspecified atom stereocenters. The van der Waals surface area contributed by atoms with Gasteiger partial charge < -0.3 is 19.5 Å². The lowest BCUT2D eigenvalue weighted by Gasteiger charge is -2.38. The third-order valence-corrected chi connectivity index (χ3v) is 6.18. The van der Waals surface area contributed by atoms with Crippen molar-refractivity contribution in [2.24, 2.45) is 5.92 Å². The van der Waals surface area contributed by atoms with Gasteiger partial charge in [0.1, 0.15) is 11.6 Å². The van der Waals surface area contributed by atoms with E-state index < -0.39 is 0 Å². The van der Waals surface area contributed by atoms with Gasteiger partial charge in [-0.3, -0.25) is 0 Å². The van der Waals surface area contributed by atoms with Crippen LogP contribution >= 0.6 is 0 Å². The van der Waals surface area contributed by atoms with Crippen LogP contribution in [0.1, 0.15) is 57.1 Å². The first-order chi connectivity index (χ1) is 12.3. The Labute approximate surface area is 151 Å². The minimum Gasteiger partial charge on any atom is -0.377 e. The first-order valence-electron chi connectivity index (χ1n) is 10.3. The number of piperidine rings is 1. The van der Waals surface area contributed by atoms with Crippen molar-refractivity contribution >= 4 is 0 Å². The molecule has 0 spiro atoms. The minimum atomic E-state index is 0.475. The molecule has 0 bridgehead atoms. The van der Waals surface area contributed by atoms with Gasteiger partial charge >= 0.3 is 0 Å². The van der Waals surface area contributed by atoms with E-state index in [1.165, 1.54) is 57.4 Å². The smallest absolute Gasteiger partial charge is 0.147 e. The number of likely N-dealkylation sites (tertiary alicyclic amines) is 1. The van der Waals surface area contributed by atoms with Crippen molar-refractivity contribution in [2.45, 2.75) is 77.1 Å². The quantitative estimate of drug-likeness (QED) is 0.883. The Morgan fingerprint density at radius 1 is 1.12 bits per heavy atom. The maximum Gasteiger partial charge on any atom is 0.147 e. The molecule has 0 aliphatic carbocycles. The van der Waals surface area contributed by atoms with Crippen molar-refractivity contribution in [2.75, 3.05) is 26.2 Å². The highest BCUT2D eigenvalue weighted by molar-refractivity contribution is 4.98. The molecular weight excluding hydrogens is 314 g/mol. The van der Waals surface area contributed by atoms with Crippen molar-refractivity contribution in [1.29, 1.82) is 0 Å². The van der Waals surface area contributed by atoms with Crippen LogP contribution in [0.2, 0.25) is 0 Å². The number of aromatic nitrogens is 3. The minimum absolute atomic E-state index is 0.475. The predicted octanol–water partition coefficient (Wildman–Crippen LogP) is 1.98. The lowest BCUT2D eigenvalue weighted by Crippen LogP contribution is -2.49. The second-order valence-corrected chi connectivity index (χ2v) is 8.14. The van der Waals surface area contributed by atoms with E-state index in [4.69, 9.17) is 4.74 Å². The number of rotatable bonds is 5. The van der Waals surface area contributed by atoms with Gasteiger partial charge in [0.25, 0.3) is 0 Å². The van der Waals surface area contributed by atoms with Gasteiger partial charge in [0.2, 0.25) is 0 Å². The lowest BCUT2D eigenvalue weighted by molar-refractivity contribution is 0.0511. The van der Waals surface area contributed by atoms with E-state index in [2.05, 4.69) is 31.9 Å².